The highest BCUT2D eigenvalue weighted by Crippen LogP contribution is 2.33. The Hall–Kier alpha value is -3.75. The second-order valence-electron chi connectivity index (χ2n) is 7.19. The van der Waals surface area contributed by atoms with Crippen LogP contribution in [-0.2, 0) is 0 Å². The van der Waals surface area contributed by atoms with Gasteiger partial charge in [-0.15, -0.1) is 0 Å². The fourth-order valence-electron chi connectivity index (χ4n) is 3.61. The number of fused-ring (bicyclic) bond motifs is 1. The lowest BCUT2D eigenvalue weighted by atomic mass is 10.1. The topological polar surface area (TPSA) is 96.4 Å². The van der Waals surface area contributed by atoms with Crippen LogP contribution in [0.1, 0.15) is 19.0 Å². The van der Waals surface area contributed by atoms with Crippen molar-refractivity contribution in [2.45, 2.75) is 20.3 Å². The summed E-state index contributed by atoms with van der Waals surface area (Å²) in [5.41, 5.74) is 3.60. The summed E-state index contributed by atoms with van der Waals surface area (Å²) < 4.78 is 5.10. The zero-order valence-electron chi connectivity index (χ0n) is 17.9. The number of nitrogens with zero attached hydrogens (tertiary/aromatic N) is 6. The van der Waals surface area contributed by atoms with Gasteiger partial charge in [0.1, 0.15) is 0 Å². The van der Waals surface area contributed by atoms with Crippen molar-refractivity contribution in [1.29, 1.82) is 0 Å². The number of amides is 2. The van der Waals surface area contributed by atoms with E-state index in [-0.39, 0.29) is 6.03 Å². The molecule has 0 saturated carbocycles. The number of methoxy groups -OCH3 is 1. The van der Waals surface area contributed by atoms with Gasteiger partial charge >= 0.3 is 6.03 Å². The fourth-order valence-corrected chi connectivity index (χ4v) is 3.61. The molecule has 1 N–H and O–H groups in total. The largest absolute Gasteiger partial charge is 0.480 e. The van der Waals surface area contributed by atoms with Crippen LogP contribution >= 0.6 is 0 Å². The lowest BCUT2D eigenvalue weighted by Gasteiger charge is -2.25. The number of carbonyl (C=O) groups excluding carboxylic acids is 1. The molecule has 0 spiro atoms. The minimum atomic E-state index is -0.308. The average molecular weight is 419 g/mol. The van der Waals surface area contributed by atoms with E-state index in [1.165, 1.54) is 19.5 Å². The Morgan fingerprint density at radius 2 is 2.06 bits per heavy atom. The van der Waals surface area contributed by atoms with Crippen molar-refractivity contribution in [3.8, 4) is 17.1 Å². The van der Waals surface area contributed by atoms with Gasteiger partial charge in [0, 0.05) is 37.1 Å². The van der Waals surface area contributed by atoms with Gasteiger partial charge in [-0.1, -0.05) is 0 Å². The Labute approximate surface area is 181 Å². The molecule has 0 aliphatic carbocycles. The van der Waals surface area contributed by atoms with Gasteiger partial charge in [0.2, 0.25) is 5.88 Å². The van der Waals surface area contributed by atoms with Gasteiger partial charge in [-0.3, -0.25) is 20.2 Å². The third-order valence-corrected chi connectivity index (χ3v) is 5.14. The van der Waals surface area contributed by atoms with Crippen LogP contribution in [0.3, 0.4) is 0 Å². The molecule has 1 aliphatic rings. The van der Waals surface area contributed by atoms with Crippen molar-refractivity contribution < 1.29 is 9.53 Å². The summed E-state index contributed by atoms with van der Waals surface area (Å²) in [6.45, 7) is 6.27. The quantitative estimate of drug-likeness (QED) is 0.691. The molecule has 31 heavy (non-hydrogen) atoms. The van der Waals surface area contributed by atoms with Gasteiger partial charge < -0.3 is 9.64 Å². The van der Waals surface area contributed by atoms with E-state index in [0.717, 1.165) is 42.1 Å². The van der Waals surface area contributed by atoms with Crippen LogP contribution < -0.4 is 19.9 Å². The summed E-state index contributed by atoms with van der Waals surface area (Å²) >= 11 is 0. The van der Waals surface area contributed by atoms with Crippen LogP contribution in [-0.4, -0.2) is 52.7 Å². The maximum atomic E-state index is 13.2. The minimum Gasteiger partial charge on any atom is -0.480 e. The van der Waals surface area contributed by atoms with Crippen LogP contribution in [0.25, 0.3) is 11.3 Å². The molecule has 4 rings (SSSR count). The highest BCUT2D eigenvalue weighted by molar-refractivity contribution is 6.03. The lowest BCUT2D eigenvalue weighted by Crippen LogP contribution is -2.36. The smallest absolute Gasteiger partial charge is 0.328 e. The monoisotopic (exact) mass is 419 g/mol. The lowest BCUT2D eigenvalue weighted by molar-refractivity contribution is 0.256. The summed E-state index contributed by atoms with van der Waals surface area (Å²) in [6.07, 6.45) is 5.56. The fraction of sp³-hybridized carbons (Fsp3) is 0.318. The maximum absolute atomic E-state index is 13.2. The van der Waals surface area contributed by atoms with Crippen molar-refractivity contribution in [1.82, 2.24) is 19.9 Å². The number of urea groups is 1. The van der Waals surface area contributed by atoms with Crippen molar-refractivity contribution in [2.24, 2.45) is 0 Å². The van der Waals surface area contributed by atoms with E-state index in [4.69, 9.17) is 9.72 Å². The van der Waals surface area contributed by atoms with E-state index >= 15 is 0 Å². The molecule has 2 amide bonds. The van der Waals surface area contributed by atoms with Crippen molar-refractivity contribution >= 4 is 23.4 Å². The Morgan fingerprint density at radius 3 is 2.84 bits per heavy atom. The molecular formula is C22H25N7O2. The SMILES string of the molecule is CCN1CCCN(C(=O)Nc2cncc(OC)n2)c2nc(-c3ccnc(C)c3)ccc21. The molecule has 0 atom stereocenters. The standard InChI is InChI=1S/C22H25N7O2/c1-4-28-10-5-11-29(22(30)27-19-13-23-14-20(26-19)31-3)21-18(28)7-6-17(25-21)16-8-9-24-15(2)12-16/h6-9,12-14H,4-5,10-11H2,1-3H3,(H,26,27,30). The summed E-state index contributed by atoms with van der Waals surface area (Å²) in [4.78, 5) is 34.6. The summed E-state index contributed by atoms with van der Waals surface area (Å²) in [6, 6.07) is 7.63. The number of hydrogen-bond donors (Lipinski definition) is 1. The average Bonchev–Trinajstić information content (AvgIpc) is 2.98. The minimum absolute atomic E-state index is 0.308. The zero-order chi connectivity index (χ0) is 21.8. The number of nitrogens with one attached hydrogen (secondary N) is 1. The van der Waals surface area contributed by atoms with Crippen LogP contribution in [0, 0.1) is 6.92 Å². The maximum Gasteiger partial charge on any atom is 0.328 e. The first-order valence-electron chi connectivity index (χ1n) is 10.2. The van der Waals surface area contributed by atoms with E-state index in [1.54, 1.807) is 11.1 Å². The van der Waals surface area contributed by atoms with Crippen LogP contribution in [0.5, 0.6) is 5.88 Å². The van der Waals surface area contributed by atoms with Crippen LogP contribution in [0.15, 0.2) is 42.9 Å². The molecule has 0 fully saturated rings. The van der Waals surface area contributed by atoms with Crippen molar-refractivity contribution in [2.75, 3.05) is 41.9 Å². The van der Waals surface area contributed by atoms with Crippen molar-refractivity contribution in [3.05, 3.63) is 48.5 Å². The molecular weight excluding hydrogens is 394 g/mol. The van der Waals surface area contributed by atoms with Crippen LogP contribution in [0.2, 0.25) is 0 Å². The molecule has 0 aromatic carbocycles. The predicted molar refractivity (Wildman–Crippen MR) is 120 cm³/mol. The Bertz CT molecular complexity index is 1090. The zero-order valence-corrected chi connectivity index (χ0v) is 17.9. The number of pyridine rings is 2. The Morgan fingerprint density at radius 1 is 1.19 bits per heavy atom. The van der Waals surface area contributed by atoms with E-state index in [9.17, 15) is 4.79 Å². The highest BCUT2D eigenvalue weighted by Gasteiger charge is 2.27. The second-order valence-corrected chi connectivity index (χ2v) is 7.19. The number of rotatable bonds is 4. The number of aryl methyl sites for hydroxylation is 1. The van der Waals surface area contributed by atoms with E-state index in [2.05, 4.69) is 32.1 Å². The summed E-state index contributed by atoms with van der Waals surface area (Å²) in [5, 5.41) is 2.82. The number of aromatic nitrogens is 4. The summed E-state index contributed by atoms with van der Waals surface area (Å²) in [5.74, 6) is 1.28. The summed E-state index contributed by atoms with van der Waals surface area (Å²) in [7, 11) is 1.51. The molecule has 0 saturated heterocycles. The van der Waals surface area contributed by atoms with Crippen molar-refractivity contribution in [3.63, 3.8) is 0 Å². The third-order valence-electron chi connectivity index (χ3n) is 5.14. The first kappa shape index (κ1) is 20.5. The first-order chi connectivity index (χ1) is 15.1. The van der Waals surface area contributed by atoms with Gasteiger partial charge in [-0.25, -0.2) is 9.78 Å². The molecule has 3 aromatic rings. The van der Waals surface area contributed by atoms with Gasteiger partial charge in [0.05, 0.1) is 30.9 Å². The molecule has 3 aromatic heterocycles. The molecule has 160 valence electrons. The van der Waals surface area contributed by atoms with Gasteiger partial charge in [0.15, 0.2) is 11.6 Å². The molecule has 1 aliphatic heterocycles. The molecule has 0 bridgehead atoms. The highest BCUT2D eigenvalue weighted by atomic mass is 16.5. The Balaban J connectivity index is 1.71. The number of carbonyl (C=O) groups is 1. The van der Waals surface area contributed by atoms with Gasteiger partial charge in [-0.2, -0.15) is 4.98 Å². The number of anilines is 3. The van der Waals surface area contributed by atoms with E-state index in [0.29, 0.717) is 24.1 Å². The molecule has 0 radical (unpaired) electrons. The van der Waals surface area contributed by atoms with E-state index in [1.807, 2.05) is 31.2 Å². The molecule has 0 unspecified atom stereocenters. The van der Waals surface area contributed by atoms with Gasteiger partial charge in [-0.05, 0) is 44.5 Å². The predicted octanol–water partition coefficient (Wildman–Crippen LogP) is 3.52. The van der Waals surface area contributed by atoms with Gasteiger partial charge in [0.25, 0.3) is 0 Å². The van der Waals surface area contributed by atoms with Crippen LogP contribution in [0.4, 0.5) is 22.1 Å². The molecule has 9 nitrogen and oxygen atoms in total. The molecule has 4 heterocycles. The first-order valence-corrected chi connectivity index (χ1v) is 10.2. The number of ether oxygens (including phenoxy) is 1. The van der Waals surface area contributed by atoms with E-state index < -0.39 is 0 Å². The second kappa shape index (κ2) is 8.95. The molecule has 9 heteroatoms. The normalized spacial score (nSPS) is 13.4. The Kier molecular flexibility index (Phi) is 5.92. The third kappa shape index (κ3) is 4.40. The number of hydrogen-bond acceptors (Lipinski definition) is 7.